The molecule has 2 aromatic carbocycles. The lowest BCUT2D eigenvalue weighted by Crippen LogP contribution is -2.15. The molecule has 0 aliphatic rings. The first kappa shape index (κ1) is 22.0. The maximum absolute atomic E-state index is 13.8. The topological polar surface area (TPSA) is 72.8 Å². The van der Waals surface area contributed by atoms with Gasteiger partial charge in [0.2, 0.25) is 11.6 Å². The maximum atomic E-state index is 13.8. The van der Waals surface area contributed by atoms with Gasteiger partial charge in [-0.3, -0.25) is 4.55 Å². The van der Waals surface area contributed by atoms with Crippen molar-refractivity contribution in [1.82, 2.24) is 0 Å². The summed E-state index contributed by atoms with van der Waals surface area (Å²) in [6.45, 7) is 3.44. The van der Waals surface area contributed by atoms with Crippen molar-refractivity contribution in [1.29, 1.82) is 0 Å². The molecule has 0 saturated heterocycles. The maximum Gasteiger partial charge on any atom is 0.300 e. The van der Waals surface area contributed by atoms with E-state index in [1.165, 1.54) is 0 Å². The molecule has 0 aliphatic carbocycles. The molecule has 5 nitrogen and oxygen atoms in total. The van der Waals surface area contributed by atoms with E-state index in [0.717, 1.165) is 12.0 Å². The lowest BCUT2D eigenvalue weighted by molar-refractivity contribution is 0.199. The van der Waals surface area contributed by atoms with E-state index in [1.807, 2.05) is 12.1 Å². The Morgan fingerprint density at radius 2 is 1.43 bits per heavy atom. The molecule has 0 radical (unpaired) electrons. The predicted molar refractivity (Wildman–Crippen MR) is 92.2 cm³/mol. The molecule has 0 saturated carbocycles. The molecular weight excluding hydrogens is 404 g/mol. The highest BCUT2D eigenvalue weighted by Gasteiger charge is 2.33. The number of rotatable bonds is 8. The Hall–Kier alpha value is -2.33. The Bertz CT molecular complexity index is 916. The van der Waals surface area contributed by atoms with E-state index in [-0.39, 0.29) is 6.61 Å². The van der Waals surface area contributed by atoms with Gasteiger partial charge in [-0.15, -0.1) is 0 Å². The Labute approximate surface area is 159 Å². The molecule has 2 rings (SSSR count). The summed E-state index contributed by atoms with van der Waals surface area (Å²) in [6.07, 6.45) is 0.967. The zero-order chi connectivity index (χ0) is 21.1. The quantitative estimate of drug-likeness (QED) is 0.294. The molecule has 0 spiro atoms. The normalized spacial score (nSPS) is 12.7. The van der Waals surface area contributed by atoms with Gasteiger partial charge < -0.3 is 9.47 Å². The van der Waals surface area contributed by atoms with Gasteiger partial charge in [-0.25, -0.2) is 8.78 Å². The van der Waals surface area contributed by atoms with Crippen molar-refractivity contribution >= 4 is 10.1 Å². The molecule has 1 atom stereocenters. The standard InChI is InChI=1S/C18H18F4O5S/c1-3-10(2)11-4-6-12(7-5-11)26-8-9-27-17-13(19)15(21)18(28(23,24)25)16(22)14(17)20/h4-7,10H,3,8-9H2,1-2H3,(H,23,24,25). The summed E-state index contributed by atoms with van der Waals surface area (Å²) in [4.78, 5) is -2.12. The monoisotopic (exact) mass is 422 g/mol. The molecule has 0 heterocycles. The lowest BCUT2D eigenvalue weighted by atomic mass is 9.99. The number of hydrogen-bond acceptors (Lipinski definition) is 4. The first-order valence-corrected chi connectivity index (χ1v) is 9.70. The van der Waals surface area contributed by atoms with Crippen LogP contribution in [0.3, 0.4) is 0 Å². The van der Waals surface area contributed by atoms with Gasteiger partial charge in [0.25, 0.3) is 0 Å². The van der Waals surface area contributed by atoms with Gasteiger partial charge in [-0.2, -0.15) is 17.2 Å². The van der Waals surface area contributed by atoms with E-state index in [9.17, 15) is 26.0 Å². The third-order valence-corrected chi connectivity index (χ3v) is 4.98. The molecule has 0 aliphatic heterocycles. The van der Waals surface area contributed by atoms with E-state index in [4.69, 9.17) is 9.29 Å². The highest BCUT2D eigenvalue weighted by Crippen LogP contribution is 2.32. The van der Waals surface area contributed by atoms with Gasteiger partial charge in [0.05, 0.1) is 0 Å². The molecule has 28 heavy (non-hydrogen) atoms. The smallest absolute Gasteiger partial charge is 0.300 e. The highest BCUT2D eigenvalue weighted by molar-refractivity contribution is 7.85. The first-order chi connectivity index (χ1) is 13.1. The molecule has 0 bridgehead atoms. The Balaban J connectivity index is 2.06. The number of benzene rings is 2. The zero-order valence-corrected chi connectivity index (χ0v) is 15.8. The van der Waals surface area contributed by atoms with Crippen LogP contribution in [0.1, 0.15) is 31.7 Å². The minimum absolute atomic E-state index is 0.204. The van der Waals surface area contributed by atoms with Crippen LogP contribution in [0.25, 0.3) is 0 Å². The van der Waals surface area contributed by atoms with E-state index in [2.05, 4.69) is 18.6 Å². The summed E-state index contributed by atoms with van der Waals surface area (Å²) < 4.78 is 95.4. The van der Waals surface area contributed by atoms with Crippen molar-refractivity contribution in [2.45, 2.75) is 31.1 Å². The van der Waals surface area contributed by atoms with Crippen molar-refractivity contribution in [2.75, 3.05) is 13.2 Å². The van der Waals surface area contributed by atoms with Crippen molar-refractivity contribution in [3.8, 4) is 11.5 Å². The van der Waals surface area contributed by atoms with Crippen molar-refractivity contribution in [3.05, 3.63) is 53.1 Å². The van der Waals surface area contributed by atoms with Crippen LogP contribution in [-0.2, 0) is 10.1 Å². The summed E-state index contributed by atoms with van der Waals surface area (Å²) in [5.74, 6) is -9.34. The van der Waals surface area contributed by atoms with Gasteiger partial charge in [-0.05, 0) is 30.0 Å². The lowest BCUT2D eigenvalue weighted by Gasteiger charge is -2.13. The van der Waals surface area contributed by atoms with E-state index < -0.39 is 50.6 Å². The molecule has 154 valence electrons. The Kier molecular flexibility index (Phi) is 6.89. The third-order valence-electron chi connectivity index (χ3n) is 4.10. The second kappa shape index (κ2) is 8.78. The van der Waals surface area contributed by atoms with Crippen molar-refractivity contribution in [3.63, 3.8) is 0 Å². The molecular formula is C18H18F4O5S. The molecule has 1 N–H and O–H groups in total. The van der Waals surface area contributed by atoms with Crippen LogP contribution in [0.4, 0.5) is 17.6 Å². The van der Waals surface area contributed by atoms with Gasteiger partial charge in [-0.1, -0.05) is 26.0 Å². The van der Waals surface area contributed by atoms with E-state index in [1.54, 1.807) is 12.1 Å². The fourth-order valence-electron chi connectivity index (χ4n) is 2.38. The molecule has 2 aromatic rings. The van der Waals surface area contributed by atoms with Crippen LogP contribution in [0, 0.1) is 23.3 Å². The van der Waals surface area contributed by atoms with E-state index in [0.29, 0.717) is 11.7 Å². The summed E-state index contributed by atoms with van der Waals surface area (Å²) in [5, 5.41) is 0. The van der Waals surface area contributed by atoms with Crippen LogP contribution in [0.15, 0.2) is 29.2 Å². The highest BCUT2D eigenvalue weighted by atomic mass is 32.2. The fraction of sp³-hybridized carbons (Fsp3) is 0.333. The van der Waals surface area contributed by atoms with Gasteiger partial charge in [0, 0.05) is 0 Å². The average molecular weight is 422 g/mol. The van der Waals surface area contributed by atoms with Gasteiger partial charge >= 0.3 is 10.1 Å². The largest absolute Gasteiger partial charge is 0.490 e. The Morgan fingerprint density at radius 3 is 1.89 bits per heavy atom. The van der Waals surface area contributed by atoms with Crippen LogP contribution >= 0.6 is 0 Å². The van der Waals surface area contributed by atoms with Crippen molar-refractivity contribution in [2.24, 2.45) is 0 Å². The summed E-state index contributed by atoms with van der Waals surface area (Å²) in [6, 6.07) is 7.12. The van der Waals surface area contributed by atoms with Crippen LogP contribution in [-0.4, -0.2) is 26.2 Å². The molecule has 0 fully saturated rings. The molecule has 10 heteroatoms. The molecule has 0 amide bonds. The number of halogens is 4. The first-order valence-electron chi connectivity index (χ1n) is 8.26. The second-order valence-corrected chi connectivity index (χ2v) is 7.32. The average Bonchev–Trinajstić information content (AvgIpc) is 2.64. The summed E-state index contributed by atoms with van der Waals surface area (Å²) >= 11 is 0. The SMILES string of the molecule is CCC(C)c1ccc(OCCOc2c(F)c(F)c(S(=O)(=O)O)c(F)c2F)cc1. The second-order valence-electron chi connectivity index (χ2n) is 5.96. The van der Waals surface area contributed by atoms with Gasteiger partial charge in [0.15, 0.2) is 22.3 Å². The predicted octanol–water partition coefficient (Wildman–Crippen LogP) is 4.46. The minimum atomic E-state index is -5.51. The zero-order valence-electron chi connectivity index (χ0n) is 15.0. The third kappa shape index (κ3) is 4.74. The molecule has 1 unspecified atom stereocenters. The number of hydrogen-bond donors (Lipinski definition) is 1. The van der Waals surface area contributed by atoms with Crippen LogP contribution in [0.2, 0.25) is 0 Å². The Morgan fingerprint density at radius 1 is 0.929 bits per heavy atom. The van der Waals surface area contributed by atoms with Crippen LogP contribution in [0.5, 0.6) is 11.5 Å². The molecule has 0 aromatic heterocycles. The minimum Gasteiger partial charge on any atom is -0.490 e. The fourth-order valence-corrected chi connectivity index (χ4v) is 3.01. The van der Waals surface area contributed by atoms with Crippen molar-refractivity contribution < 1.29 is 40.0 Å². The number of ether oxygens (including phenoxy) is 2. The van der Waals surface area contributed by atoms with Gasteiger partial charge in [0.1, 0.15) is 19.0 Å². The van der Waals surface area contributed by atoms with Crippen LogP contribution < -0.4 is 9.47 Å². The summed E-state index contributed by atoms with van der Waals surface area (Å²) in [7, 11) is -5.51. The van der Waals surface area contributed by atoms with E-state index >= 15 is 0 Å². The summed E-state index contributed by atoms with van der Waals surface area (Å²) in [5.41, 5.74) is 1.11.